The summed E-state index contributed by atoms with van der Waals surface area (Å²) in [4.78, 5) is 61.1. The summed E-state index contributed by atoms with van der Waals surface area (Å²) < 4.78 is 21.3. The van der Waals surface area contributed by atoms with E-state index in [0.29, 0.717) is 16.8 Å². The summed E-state index contributed by atoms with van der Waals surface area (Å²) in [5.74, 6) is -5.82. The highest BCUT2D eigenvalue weighted by molar-refractivity contribution is 6.03. The third-order valence-corrected chi connectivity index (χ3v) is 5.82. The number of hydrogen-bond donors (Lipinski definition) is 1. The van der Waals surface area contributed by atoms with E-state index in [-0.39, 0.29) is 11.3 Å². The smallest absolute Gasteiger partial charge is 0.325 e. The summed E-state index contributed by atoms with van der Waals surface area (Å²) in [6, 6.07) is 9.50. The van der Waals surface area contributed by atoms with Gasteiger partial charge < -0.3 is 24.7 Å². The van der Waals surface area contributed by atoms with Crippen LogP contribution in [0.2, 0.25) is 0 Å². The molecule has 0 saturated heterocycles. The van der Waals surface area contributed by atoms with Gasteiger partial charge in [-0.3, -0.25) is 29.3 Å². The van der Waals surface area contributed by atoms with E-state index in [1.54, 1.807) is 114 Å². The minimum atomic E-state index is -1.53. The van der Waals surface area contributed by atoms with E-state index >= 15 is 0 Å². The number of nitrogens with two attached hydrogens (primary N) is 1. The van der Waals surface area contributed by atoms with Crippen molar-refractivity contribution in [3.63, 3.8) is 0 Å². The molecular weight excluding hydrogens is 620 g/mol. The number of ether oxygens (including phenoxy) is 4. The lowest BCUT2D eigenvalue weighted by Crippen LogP contribution is -2.35. The second kappa shape index (κ2) is 15.6. The van der Waals surface area contributed by atoms with Gasteiger partial charge in [0, 0.05) is 17.3 Å². The number of nitro groups is 1. The highest BCUT2D eigenvalue weighted by atomic mass is 16.6. The molecule has 0 radical (unpaired) electrons. The van der Waals surface area contributed by atoms with E-state index in [1.807, 2.05) is 6.92 Å². The summed E-state index contributed by atoms with van der Waals surface area (Å²) in [6.07, 6.45) is 0. The van der Waals surface area contributed by atoms with Crippen LogP contribution >= 0.6 is 0 Å². The van der Waals surface area contributed by atoms with Gasteiger partial charge in [0.1, 0.15) is 22.4 Å². The first-order valence-corrected chi connectivity index (χ1v) is 15.5. The Bertz CT molecular complexity index is 1450. The molecule has 0 spiro atoms. The van der Waals surface area contributed by atoms with Crippen LogP contribution in [-0.2, 0) is 38.1 Å². The van der Waals surface area contributed by atoms with Gasteiger partial charge in [-0.2, -0.15) is 0 Å². The molecule has 0 aliphatic heterocycles. The van der Waals surface area contributed by atoms with Gasteiger partial charge in [0.2, 0.25) is 0 Å². The van der Waals surface area contributed by atoms with Gasteiger partial charge in [-0.1, -0.05) is 24.3 Å². The van der Waals surface area contributed by atoms with Gasteiger partial charge in [0.05, 0.1) is 10.5 Å². The maximum atomic E-state index is 12.6. The number of aryl methyl sites for hydroxylation is 2. The molecule has 2 rings (SSSR count). The molecule has 0 amide bonds. The molecule has 0 aliphatic rings. The molecule has 2 aromatic carbocycles. The predicted molar refractivity (Wildman–Crippen MR) is 182 cm³/mol. The fourth-order valence-corrected chi connectivity index (χ4v) is 4.16. The van der Waals surface area contributed by atoms with Crippen LogP contribution in [0.4, 0.5) is 11.4 Å². The molecule has 12 nitrogen and oxygen atoms in total. The normalized spacial score (nSPS) is 12.1. The number of nitrogens with zero attached hydrogens (tertiary/aromatic N) is 1. The molecule has 0 heterocycles. The lowest BCUT2D eigenvalue weighted by molar-refractivity contribution is -0.385. The molecular formula is C36H52N2O10. The lowest BCUT2D eigenvalue weighted by Gasteiger charge is -2.27. The predicted octanol–water partition coefficient (Wildman–Crippen LogP) is 7.01. The molecule has 2 aromatic rings. The lowest BCUT2D eigenvalue weighted by atomic mass is 9.95. The Labute approximate surface area is 283 Å². The summed E-state index contributed by atoms with van der Waals surface area (Å²) >= 11 is 0. The quantitative estimate of drug-likeness (QED) is 0.0799. The van der Waals surface area contributed by atoms with E-state index in [4.69, 9.17) is 24.7 Å². The Morgan fingerprint density at radius 3 is 1.17 bits per heavy atom. The molecule has 0 aliphatic carbocycles. The van der Waals surface area contributed by atoms with Crippen molar-refractivity contribution in [2.75, 3.05) is 5.73 Å². The first kappa shape index (κ1) is 41.5. The second-order valence-corrected chi connectivity index (χ2v) is 15.5. The third-order valence-electron chi connectivity index (χ3n) is 5.82. The molecule has 48 heavy (non-hydrogen) atoms. The molecule has 0 atom stereocenters. The van der Waals surface area contributed by atoms with Gasteiger partial charge >= 0.3 is 23.9 Å². The van der Waals surface area contributed by atoms with E-state index < -0.39 is 63.0 Å². The molecule has 0 bridgehead atoms. The monoisotopic (exact) mass is 672 g/mol. The third kappa shape index (κ3) is 14.1. The van der Waals surface area contributed by atoms with Crippen LogP contribution in [0.15, 0.2) is 36.4 Å². The second-order valence-electron chi connectivity index (χ2n) is 15.5. The van der Waals surface area contributed by atoms with Gasteiger partial charge in [0.15, 0.2) is 11.8 Å². The SMILES string of the molecule is Cc1ccc(C(C(=O)OC(C)(C)C)C(=O)OC(C)(C)C)c(N)c1.Cc1ccc(C(C(=O)OC(C)(C)C)C(=O)OC(C)(C)C)c([N+](=O)[O-])c1. The number of esters is 4. The number of carbonyl (C=O) groups excluding carboxylic acids is 4. The van der Waals surface area contributed by atoms with Crippen LogP contribution in [0.3, 0.4) is 0 Å². The van der Waals surface area contributed by atoms with Crippen molar-refractivity contribution in [1.29, 1.82) is 0 Å². The highest BCUT2D eigenvalue weighted by Gasteiger charge is 2.40. The van der Waals surface area contributed by atoms with Crippen LogP contribution in [0.25, 0.3) is 0 Å². The standard InChI is InChI=1S/C18H25NO6.C18H27NO4/c1-11-8-9-12(13(10-11)19(22)23)14(15(20)24-17(2,3)4)16(21)25-18(5,6)7;1-11-8-9-12(13(19)10-11)14(15(20)22-17(2,3)4)16(21)23-18(5,6)7/h8-10,14H,1-7H3;8-10,14H,19H2,1-7H3. The zero-order chi connectivity index (χ0) is 37.6. The number of nitro benzene ring substituents is 1. The van der Waals surface area contributed by atoms with Crippen LogP contribution in [0, 0.1) is 24.0 Å². The van der Waals surface area contributed by atoms with Gasteiger partial charge in [-0.25, -0.2) is 0 Å². The van der Waals surface area contributed by atoms with Crippen molar-refractivity contribution in [3.8, 4) is 0 Å². The van der Waals surface area contributed by atoms with E-state index in [0.717, 1.165) is 5.56 Å². The summed E-state index contributed by atoms with van der Waals surface area (Å²) in [6.45, 7) is 24.0. The Morgan fingerprint density at radius 1 is 0.583 bits per heavy atom. The number of carbonyl (C=O) groups is 4. The Morgan fingerprint density at radius 2 is 0.875 bits per heavy atom. The van der Waals surface area contributed by atoms with E-state index in [1.165, 1.54) is 12.1 Å². The largest absolute Gasteiger partial charge is 0.459 e. The van der Waals surface area contributed by atoms with Crippen LogP contribution < -0.4 is 5.73 Å². The minimum absolute atomic E-state index is 0.0425. The van der Waals surface area contributed by atoms with Gasteiger partial charge in [0.25, 0.3) is 5.69 Å². The highest BCUT2D eigenvalue weighted by Crippen LogP contribution is 2.32. The zero-order valence-electron chi connectivity index (χ0n) is 30.7. The number of rotatable bonds is 7. The minimum Gasteiger partial charge on any atom is -0.459 e. The average Bonchev–Trinajstić information content (AvgIpc) is 2.82. The molecule has 266 valence electrons. The molecule has 0 saturated carbocycles. The maximum absolute atomic E-state index is 12.6. The summed E-state index contributed by atoms with van der Waals surface area (Å²) in [5, 5.41) is 11.4. The van der Waals surface area contributed by atoms with Crippen LogP contribution in [-0.4, -0.2) is 51.2 Å². The number of benzene rings is 2. The van der Waals surface area contributed by atoms with Gasteiger partial charge in [-0.05, 0) is 114 Å². The van der Waals surface area contributed by atoms with Crippen molar-refractivity contribution in [3.05, 3.63) is 68.8 Å². The summed E-state index contributed by atoms with van der Waals surface area (Å²) in [7, 11) is 0. The molecule has 0 fully saturated rings. The molecule has 2 N–H and O–H groups in total. The Balaban J connectivity index is 0.000000482. The molecule has 0 aromatic heterocycles. The number of hydrogen-bond acceptors (Lipinski definition) is 11. The fraction of sp³-hybridized carbons (Fsp3) is 0.556. The van der Waals surface area contributed by atoms with E-state index in [2.05, 4.69) is 0 Å². The average molecular weight is 673 g/mol. The van der Waals surface area contributed by atoms with Crippen LogP contribution in [0.5, 0.6) is 0 Å². The van der Waals surface area contributed by atoms with E-state index in [9.17, 15) is 29.3 Å². The maximum Gasteiger partial charge on any atom is 0.325 e. The van der Waals surface area contributed by atoms with Crippen molar-refractivity contribution < 1.29 is 43.0 Å². The Kier molecular flexibility index (Phi) is 13.5. The van der Waals surface area contributed by atoms with Gasteiger partial charge in [-0.15, -0.1) is 0 Å². The topological polar surface area (TPSA) is 174 Å². The Hall–Kier alpha value is -4.48. The molecule has 0 unspecified atom stereocenters. The number of nitrogen functional groups attached to an aromatic ring is 1. The van der Waals surface area contributed by atoms with Crippen molar-refractivity contribution in [2.45, 2.75) is 131 Å². The first-order valence-electron chi connectivity index (χ1n) is 15.5. The number of anilines is 1. The van der Waals surface area contributed by atoms with Crippen LogP contribution in [0.1, 0.15) is 117 Å². The van der Waals surface area contributed by atoms with Crippen molar-refractivity contribution in [2.24, 2.45) is 0 Å². The zero-order valence-corrected chi connectivity index (χ0v) is 30.7. The van der Waals surface area contributed by atoms with Crippen molar-refractivity contribution >= 4 is 35.3 Å². The molecule has 12 heteroatoms. The van der Waals surface area contributed by atoms with Crippen molar-refractivity contribution in [1.82, 2.24) is 0 Å². The fourth-order valence-electron chi connectivity index (χ4n) is 4.16. The summed E-state index contributed by atoms with van der Waals surface area (Å²) in [5.41, 5.74) is 4.88. The first-order chi connectivity index (χ1) is 21.5.